The van der Waals surface area contributed by atoms with E-state index in [1.807, 2.05) is 33.8 Å². The average molecular weight is 288 g/mol. The van der Waals surface area contributed by atoms with Crippen molar-refractivity contribution in [3.8, 4) is 0 Å². The smallest absolute Gasteiger partial charge is 0.255 e. The van der Waals surface area contributed by atoms with Crippen LogP contribution in [-0.4, -0.2) is 38.0 Å². The summed E-state index contributed by atoms with van der Waals surface area (Å²) in [7, 11) is 0. The summed E-state index contributed by atoms with van der Waals surface area (Å²) in [6.45, 7) is 8.09. The molecule has 1 atom stereocenters. The van der Waals surface area contributed by atoms with E-state index in [9.17, 15) is 4.79 Å². The van der Waals surface area contributed by atoms with Crippen LogP contribution in [0.5, 0.6) is 0 Å². The second kappa shape index (κ2) is 4.53. The topological polar surface area (TPSA) is 68.5 Å². The Labute approximate surface area is 123 Å². The predicted molar refractivity (Wildman–Crippen MR) is 78.1 cm³/mol. The Hall–Kier alpha value is -1.95. The zero-order valence-corrected chi connectivity index (χ0v) is 12.8. The maximum absolute atomic E-state index is 12.5. The summed E-state index contributed by atoms with van der Waals surface area (Å²) in [6.07, 6.45) is 3.97. The van der Waals surface area contributed by atoms with Crippen LogP contribution in [0, 0.1) is 0 Å². The summed E-state index contributed by atoms with van der Waals surface area (Å²) in [5, 5.41) is 11.2. The Morgan fingerprint density at radius 3 is 2.81 bits per heavy atom. The molecule has 0 radical (unpaired) electrons. The predicted octanol–water partition coefficient (Wildman–Crippen LogP) is 1.81. The van der Waals surface area contributed by atoms with Crippen LogP contribution in [0.2, 0.25) is 0 Å². The standard InChI is InChI=1S/C15H20N4O2/c1-14(2)8-12(15(3,4)21-14)18-13(20)10-9-17-19-11(10)6-5-7-16-19/h5-7,9,12H,8H2,1-4H3,(H,18,20)/t12-/m0/s1. The van der Waals surface area contributed by atoms with Crippen LogP contribution in [0.25, 0.3) is 5.52 Å². The molecule has 6 heteroatoms. The number of ether oxygens (including phenoxy) is 1. The summed E-state index contributed by atoms with van der Waals surface area (Å²) in [4.78, 5) is 12.5. The first-order chi connectivity index (χ1) is 9.78. The largest absolute Gasteiger partial charge is 0.367 e. The van der Waals surface area contributed by atoms with Crippen molar-refractivity contribution in [1.82, 2.24) is 20.1 Å². The molecular formula is C15H20N4O2. The highest BCUT2D eigenvalue weighted by Gasteiger charge is 2.46. The van der Waals surface area contributed by atoms with E-state index in [0.717, 1.165) is 6.42 Å². The fourth-order valence-electron chi connectivity index (χ4n) is 3.03. The normalized spacial score (nSPS) is 23.3. The van der Waals surface area contributed by atoms with Gasteiger partial charge in [-0.2, -0.15) is 14.8 Å². The van der Waals surface area contributed by atoms with Gasteiger partial charge in [0, 0.05) is 6.20 Å². The number of aromatic nitrogens is 3. The lowest BCUT2D eigenvalue weighted by atomic mass is 9.94. The van der Waals surface area contributed by atoms with Gasteiger partial charge in [-0.3, -0.25) is 4.79 Å². The van der Waals surface area contributed by atoms with Gasteiger partial charge < -0.3 is 10.1 Å². The number of nitrogens with one attached hydrogen (secondary N) is 1. The van der Waals surface area contributed by atoms with Crippen molar-refractivity contribution >= 4 is 11.4 Å². The minimum absolute atomic E-state index is 0.0355. The molecular weight excluding hydrogens is 268 g/mol. The van der Waals surface area contributed by atoms with Crippen molar-refractivity contribution in [3.05, 3.63) is 30.1 Å². The number of hydrogen-bond donors (Lipinski definition) is 1. The lowest BCUT2D eigenvalue weighted by Crippen LogP contribution is -2.46. The third-order valence-corrected chi connectivity index (χ3v) is 3.93. The second-order valence-corrected chi connectivity index (χ2v) is 6.65. The molecule has 21 heavy (non-hydrogen) atoms. The van der Waals surface area contributed by atoms with E-state index >= 15 is 0 Å². The molecule has 0 spiro atoms. The minimum Gasteiger partial charge on any atom is -0.367 e. The van der Waals surface area contributed by atoms with Gasteiger partial charge >= 0.3 is 0 Å². The first-order valence-corrected chi connectivity index (χ1v) is 7.09. The van der Waals surface area contributed by atoms with Crippen LogP contribution in [0.1, 0.15) is 44.5 Å². The highest BCUT2D eigenvalue weighted by molar-refractivity contribution is 6.00. The summed E-state index contributed by atoms with van der Waals surface area (Å²) in [6, 6.07) is 3.58. The highest BCUT2D eigenvalue weighted by atomic mass is 16.5. The molecule has 1 saturated heterocycles. The first kappa shape index (κ1) is 14.0. The molecule has 3 rings (SSSR count). The van der Waals surface area contributed by atoms with Gasteiger partial charge in [0.15, 0.2) is 0 Å². The molecule has 0 unspecified atom stereocenters. The zero-order valence-electron chi connectivity index (χ0n) is 12.8. The third-order valence-electron chi connectivity index (χ3n) is 3.93. The Morgan fingerprint density at radius 1 is 1.38 bits per heavy atom. The van der Waals surface area contributed by atoms with E-state index in [2.05, 4.69) is 15.5 Å². The Bertz CT molecular complexity index is 690. The van der Waals surface area contributed by atoms with Crippen molar-refractivity contribution < 1.29 is 9.53 Å². The molecule has 1 aliphatic heterocycles. The minimum atomic E-state index is -0.389. The van der Waals surface area contributed by atoms with E-state index in [1.165, 1.54) is 4.63 Å². The molecule has 1 aliphatic rings. The molecule has 0 saturated carbocycles. The molecule has 0 bridgehead atoms. The monoisotopic (exact) mass is 288 g/mol. The number of nitrogens with zero attached hydrogens (tertiary/aromatic N) is 3. The SMILES string of the molecule is CC1(C)C[C@H](NC(=O)c2cnn3ncccc23)C(C)(C)O1. The molecule has 1 N–H and O–H groups in total. The van der Waals surface area contributed by atoms with E-state index in [-0.39, 0.29) is 23.2 Å². The van der Waals surface area contributed by atoms with Crippen LogP contribution in [0.4, 0.5) is 0 Å². The molecule has 112 valence electrons. The van der Waals surface area contributed by atoms with Gasteiger partial charge in [-0.1, -0.05) is 0 Å². The molecule has 1 fully saturated rings. The fraction of sp³-hybridized carbons (Fsp3) is 0.533. The summed E-state index contributed by atoms with van der Waals surface area (Å²) in [5.41, 5.74) is 0.611. The van der Waals surface area contributed by atoms with Crippen molar-refractivity contribution in [2.45, 2.75) is 51.4 Å². The number of rotatable bonds is 2. The van der Waals surface area contributed by atoms with Crippen molar-refractivity contribution in [2.24, 2.45) is 0 Å². The van der Waals surface area contributed by atoms with Crippen molar-refractivity contribution in [1.29, 1.82) is 0 Å². The molecule has 3 heterocycles. The number of fused-ring (bicyclic) bond motifs is 1. The van der Waals surface area contributed by atoms with E-state index in [4.69, 9.17) is 4.74 Å². The van der Waals surface area contributed by atoms with Gasteiger partial charge in [0.05, 0.1) is 29.0 Å². The van der Waals surface area contributed by atoms with Crippen molar-refractivity contribution in [2.75, 3.05) is 0 Å². The van der Waals surface area contributed by atoms with E-state index in [0.29, 0.717) is 11.1 Å². The van der Waals surface area contributed by atoms with Crippen LogP contribution in [0.3, 0.4) is 0 Å². The lowest BCUT2D eigenvalue weighted by molar-refractivity contribution is -0.0693. The van der Waals surface area contributed by atoms with Gasteiger partial charge in [0.25, 0.3) is 5.91 Å². The maximum atomic E-state index is 12.5. The number of carbonyl (C=O) groups is 1. The Morgan fingerprint density at radius 2 is 2.14 bits per heavy atom. The second-order valence-electron chi connectivity index (χ2n) is 6.65. The van der Waals surface area contributed by atoms with E-state index in [1.54, 1.807) is 18.5 Å². The van der Waals surface area contributed by atoms with Crippen molar-refractivity contribution in [3.63, 3.8) is 0 Å². The molecule has 0 aromatic carbocycles. The summed E-state index contributed by atoms with van der Waals surface area (Å²) in [5.74, 6) is -0.141. The number of hydrogen-bond acceptors (Lipinski definition) is 4. The van der Waals surface area contributed by atoms with Gasteiger partial charge in [-0.25, -0.2) is 0 Å². The lowest BCUT2D eigenvalue weighted by Gasteiger charge is -2.27. The molecule has 2 aromatic rings. The van der Waals surface area contributed by atoms with Crippen LogP contribution in [0.15, 0.2) is 24.5 Å². The highest BCUT2D eigenvalue weighted by Crippen LogP contribution is 2.37. The zero-order chi connectivity index (χ0) is 15.3. The Kier molecular flexibility index (Phi) is 3.02. The molecule has 1 amide bonds. The van der Waals surface area contributed by atoms with Crippen LogP contribution >= 0.6 is 0 Å². The Balaban J connectivity index is 1.84. The van der Waals surface area contributed by atoms with Gasteiger partial charge in [0.1, 0.15) is 5.52 Å². The summed E-state index contributed by atoms with van der Waals surface area (Å²) >= 11 is 0. The first-order valence-electron chi connectivity index (χ1n) is 7.09. The van der Waals surface area contributed by atoms with Gasteiger partial charge in [-0.05, 0) is 46.2 Å². The van der Waals surface area contributed by atoms with Crippen LogP contribution < -0.4 is 5.32 Å². The quantitative estimate of drug-likeness (QED) is 0.915. The fourth-order valence-corrected chi connectivity index (χ4v) is 3.03. The number of amides is 1. The third kappa shape index (κ3) is 2.51. The average Bonchev–Trinajstić information content (AvgIpc) is 2.87. The van der Waals surface area contributed by atoms with Gasteiger partial charge in [0.2, 0.25) is 0 Å². The maximum Gasteiger partial charge on any atom is 0.255 e. The molecule has 2 aromatic heterocycles. The molecule has 0 aliphatic carbocycles. The van der Waals surface area contributed by atoms with E-state index < -0.39 is 0 Å². The van der Waals surface area contributed by atoms with Crippen LogP contribution in [-0.2, 0) is 4.74 Å². The summed E-state index contributed by atoms with van der Waals surface area (Å²) < 4.78 is 7.46. The number of carbonyl (C=O) groups excluding carboxylic acids is 1. The van der Waals surface area contributed by atoms with Gasteiger partial charge in [-0.15, -0.1) is 0 Å². The molecule has 6 nitrogen and oxygen atoms in total.